The molecule has 1 aliphatic rings. The van der Waals surface area contributed by atoms with Crippen molar-refractivity contribution in [2.75, 3.05) is 18.4 Å². The fourth-order valence-corrected chi connectivity index (χ4v) is 6.12. The number of hydrogen-bond donors (Lipinski definition) is 1. The topological polar surface area (TPSA) is 66.5 Å². The molecular weight excluding hydrogens is 392 g/mol. The largest absolute Gasteiger partial charge is 0.325 e. The fourth-order valence-electron chi connectivity index (χ4n) is 2.92. The molecule has 0 bridgehead atoms. The van der Waals surface area contributed by atoms with Gasteiger partial charge in [-0.1, -0.05) is 24.1 Å². The predicted molar refractivity (Wildman–Crippen MR) is 105 cm³/mol. The molecule has 3 rings (SSSR count). The van der Waals surface area contributed by atoms with E-state index in [1.165, 1.54) is 0 Å². The van der Waals surface area contributed by atoms with Gasteiger partial charge in [0.25, 0.3) is 10.0 Å². The summed E-state index contributed by atoms with van der Waals surface area (Å²) < 4.78 is 27.2. The summed E-state index contributed by atoms with van der Waals surface area (Å²) in [5, 5.41) is 3.43. The van der Waals surface area contributed by atoms with Crippen molar-refractivity contribution in [3.8, 4) is 0 Å². The third-order valence-electron chi connectivity index (χ3n) is 4.42. The number of rotatable bonds is 5. The summed E-state index contributed by atoms with van der Waals surface area (Å²) in [6.07, 6.45) is 3.01. The van der Waals surface area contributed by atoms with Gasteiger partial charge in [0.1, 0.15) is 4.21 Å². The van der Waals surface area contributed by atoms with Gasteiger partial charge in [-0.3, -0.25) is 4.79 Å². The number of piperidine rings is 1. The Morgan fingerprint density at radius 3 is 2.65 bits per heavy atom. The number of nitrogens with zero attached hydrogens (tertiary/aromatic N) is 1. The average molecular weight is 413 g/mol. The Morgan fingerprint density at radius 1 is 1.19 bits per heavy atom. The molecule has 8 heteroatoms. The maximum absolute atomic E-state index is 12.7. The highest BCUT2D eigenvalue weighted by Gasteiger charge is 2.27. The molecule has 0 saturated carbocycles. The molecule has 1 aromatic heterocycles. The van der Waals surface area contributed by atoms with Crippen LogP contribution in [0.25, 0.3) is 0 Å². The normalized spacial score (nSPS) is 15.8. The minimum absolute atomic E-state index is 0.131. The van der Waals surface area contributed by atoms with Crippen LogP contribution in [-0.2, 0) is 21.2 Å². The Kier molecular flexibility index (Phi) is 6.02. The molecule has 2 aromatic rings. The van der Waals surface area contributed by atoms with Gasteiger partial charge in [0.05, 0.1) is 6.42 Å². The van der Waals surface area contributed by atoms with Crippen molar-refractivity contribution in [1.82, 2.24) is 4.31 Å². The Balaban J connectivity index is 1.68. The molecular formula is C18H21ClN2O3S2. The van der Waals surface area contributed by atoms with E-state index in [0.29, 0.717) is 28.0 Å². The van der Waals surface area contributed by atoms with Gasteiger partial charge in [0.2, 0.25) is 5.91 Å². The smallest absolute Gasteiger partial charge is 0.252 e. The first-order chi connectivity index (χ1) is 12.4. The van der Waals surface area contributed by atoms with Crippen LogP contribution in [0.3, 0.4) is 0 Å². The lowest BCUT2D eigenvalue weighted by atomic mass is 10.2. The van der Waals surface area contributed by atoms with Crippen LogP contribution < -0.4 is 5.32 Å². The highest BCUT2D eigenvalue weighted by Crippen LogP contribution is 2.28. The molecule has 1 saturated heterocycles. The highest BCUT2D eigenvalue weighted by atomic mass is 35.5. The molecule has 2 heterocycles. The fraction of sp³-hybridized carbons (Fsp3) is 0.389. The van der Waals surface area contributed by atoms with E-state index in [1.807, 2.05) is 6.92 Å². The Bertz CT molecular complexity index is 903. The number of nitrogens with one attached hydrogen (secondary N) is 1. The lowest BCUT2D eigenvalue weighted by Crippen LogP contribution is -2.35. The molecule has 140 valence electrons. The molecule has 0 spiro atoms. The van der Waals surface area contributed by atoms with Crippen LogP contribution in [0.5, 0.6) is 0 Å². The molecule has 1 amide bonds. The second-order valence-electron chi connectivity index (χ2n) is 6.32. The van der Waals surface area contributed by atoms with E-state index in [0.717, 1.165) is 41.0 Å². The number of hydrogen-bond acceptors (Lipinski definition) is 4. The van der Waals surface area contributed by atoms with Crippen molar-refractivity contribution in [1.29, 1.82) is 0 Å². The van der Waals surface area contributed by atoms with Gasteiger partial charge >= 0.3 is 0 Å². The van der Waals surface area contributed by atoms with Crippen molar-refractivity contribution < 1.29 is 13.2 Å². The van der Waals surface area contributed by atoms with E-state index in [9.17, 15) is 13.2 Å². The monoisotopic (exact) mass is 412 g/mol. The van der Waals surface area contributed by atoms with Crippen LogP contribution in [0.2, 0.25) is 5.02 Å². The number of sulfonamides is 1. The zero-order valence-electron chi connectivity index (χ0n) is 14.5. The summed E-state index contributed by atoms with van der Waals surface area (Å²) in [6, 6.07) is 8.65. The summed E-state index contributed by atoms with van der Waals surface area (Å²) >= 11 is 7.23. The molecule has 1 fully saturated rings. The Labute approximate surface area is 163 Å². The van der Waals surface area contributed by atoms with Gasteiger partial charge in [-0.2, -0.15) is 4.31 Å². The van der Waals surface area contributed by atoms with E-state index in [1.54, 1.807) is 34.6 Å². The summed E-state index contributed by atoms with van der Waals surface area (Å²) in [6.45, 7) is 2.99. The molecule has 0 aliphatic carbocycles. The molecule has 1 N–H and O–H groups in total. The van der Waals surface area contributed by atoms with Gasteiger partial charge in [-0.15, -0.1) is 11.3 Å². The summed E-state index contributed by atoms with van der Waals surface area (Å²) in [4.78, 5) is 13.0. The van der Waals surface area contributed by atoms with Crippen molar-refractivity contribution in [3.05, 3.63) is 45.8 Å². The van der Waals surface area contributed by atoms with E-state index in [4.69, 9.17) is 11.6 Å². The minimum Gasteiger partial charge on any atom is -0.325 e. The van der Waals surface area contributed by atoms with Gasteiger partial charge < -0.3 is 5.32 Å². The zero-order valence-corrected chi connectivity index (χ0v) is 16.9. The van der Waals surface area contributed by atoms with Gasteiger partial charge in [0, 0.05) is 28.7 Å². The lowest BCUT2D eigenvalue weighted by Gasteiger charge is -2.25. The maximum atomic E-state index is 12.7. The second kappa shape index (κ2) is 8.08. The number of thiophene rings is 1. The number of anilines is 1. The lowest BCUT2D eigenvalue weighted by molar-refractivity contribution is -0.115. The van der Waals surface area contributed by atoms with Crippen LogP contribution >= 0.6 is 22.9 Å². The van der Waals surface area contributed by atoms with E-state index in [-0.39, 0.29) is 12.3 Å². The molecule has 0 unspecified atom stereocenters. The predicted octanol–water partition coefficient (Wildman–Crippen LogP) is 4.07. The third-order valence-corrected chi connectivity index (χ3v) is 8.28. The molecule has 0 atom stereocenters. The number of carbonyl (C=O) groups excluding carboxylic acids is 1. The molecule has 26 heavy (non-hydrogen) atoms. The molecule has 0 radical (unpaired) electrons. The maximum Gasteiger partial charge on any atom is 0.252 e. The van der Waals surface area contributed by atoms with Crippen molar-refractivity contribution in [2.45, 2.75) is 36.8 Å². The molecule has 5 nitrogen and oxygen atoms in total. The summed E-state index contributed by atoms with van der Waals surface area (Å²) in [7, 11) is -3.45. The number of benzene rings is 1. The Morgan fingerprint density at radius 2 is 1.92 bits per heavy atom. The van der Waals surface area contributed by atoms with Crippen molar-refractivity contribution in [2.24, 2.45) is 0 Å². The van der Waals surface area contributed by atoms with Gasteiger partial charge in [-0.25, -0.2) is 8.42 Å². The van der Waals surface area contributed by atoms with E-state index < -0.39 is 10.0 Å². The minimum atomic E-state index is -3.45. The number of amides is 1. The molecule has 1 aliphatic heterocycles. The number of halogens is 1. The van der Waals surface area contributed by atoms with Crippen LogP contribution in [0, 0.1) is 6.92 Å². The molecule has 1 aromatic carbocycles. The second-order valence-corrected chi connectivity index (χ2v) is 10.1. The quantitative estimate of drug-likeness (QED) is 0.805. The third kappa shape index (κ3) is 4.28. The number of carbonyl (C=O) groups is 1. The Hall–Kier alpha value is -1.41. The van der Waals surface area contributed by atoms with Gasteiger partial charge in [0.15, 0.2) is 0 Å². The first-order valence-electron chi connectivity index (χ1n) is 8.52. The van der Waals surface area contributed by atoms with Crippen LogP contribution in [0.15, 0.2) is 34.5 Å². The summed E-state index contributed by atoms with van der Waals surface area (Å²) in [5.41, 5.74) is 1.47. The van der Waals surface area contributed by atoms with Gasteiger partial charge in [-0.05, 0) is 49.6 Å². The zero-order chi connectivity index (χ0) is 18.7. The standard InChI is InChI=1S/C18H21ClN2O3S2/c1-13-15(19)6-5-7-16(13)20-17(22)12-14-8-9-18(25-14)26(23,24)21-10-3-2-4-11-21/h5-9H,2-4,10-12H2,1H3,(H,20,22). The summed E-state index contributed by atoms with van der Waals surface area (Å²) in [5.74, 6) is -0.195. The first kappa shape index (κ1) is 19.4. The first-order valence-corrected chi connectivity index (χ1v) is 11.2. The van der Waals surface area contributed by atoms with E-state index >= 15 is 0 Å². The van der Waals surface area contributed by atoms with Crippen LogP contribution in [0.1, 0.15) is 29.7 Å². The van der Waals surface area contributed by atoms with Crippen LogP contribution in [-0.4, -0.2) is 31.7 Å². The van der Waals surface area contributed by atoms with E-state index in [2.05, 4.69) is 5.32 Å². The van der Waals surface area contributed by atoms with Crippen molar-refractivity contribution >= 4 is 44.6 Å². The average Bonchev–Trinajstić information content (AvgIpc) is 3.09. The highest BCUT2D eigenvalue weighted by molar-refractivity contribution is 7.91. The SMILES string of the molecule is Cc1c(Cl)cccc1NC(=O)Cc1ccc(S(=O)(=O)N2CCCCC2)s1. The van der Waals surface area contributed by atoms with Crippen molar-refractivity contribution in [3.63, 3.8) is 0 Å². The van der Waals surface area contributed by atoms with Crippen LogP contribution in [0.4, 0.5) is 5.69 Å².